The van der Waals surface area contributed by atoms with Crippen molar-refractivity contribution >= 4 is 44.1 Å². The van der Waals surface area contributed by atoms with Crippen LogP contribution in [-0.4, -0.2) is 20.3 Å². The van der Waals surface area contributed by atoms with E-state index in [2.05, 4.69) is 25.5 Å². The Morgan fingerprint density at radius 2 is 1.92 bits per heavy atom. The van der Waals surface area contributed by atoms with Crippen LogP contribution in [0.4, 0.5) is 0 Å². The Labute approximate surface area is 151 Å². The Morgan fingerprint density at radius 3 is 2.67 bits per heavy atom. The molecule has 0 fully saturated rings. The van der Waals surface area contributed by atoms with Crippen molar-refractivity contribution in [1.82, 2.24) is 5.16 Å². The maximum atomic E-state index is 12.2. The first-order valence-electron chi connectivity index (χ1n) is 7.47. The van der Waals surface area contributed by atoms with Gasteiger partial charge in [0.1, 0.15) is 16.7 Å². The van der Waals surface area contributed by atoms with Gasteiger partial charge in [-0.3, -0.25) is 0 Å². The summed E-state index contributed by atoms with van der Waals surface area (Å²) in [5.74, 6) is 0. The van der Waals surface area contributed by atoms with Gasteiger partial charge < -0.3 is 4.52 Å². The molecule has 1 heterocycles. The van der Waals surface area contributed by atoms with Gasteiger partial charge >= 0.3 is 0 Å². The molecule has 0 aliphatic carbocycles. The molecule has 6 heteroatoms. The minimum atomic E-state index is -1.31. The monoisotopic (exact) mass is 404 g/mol. The summed E-state index contributed by atoms with van der Waals surface area (Å²) in [7, 11) is -1.31. The molecule has 0 spiro atoms. The first-order valence-corrected chi connectivity index (χ1v) is 9.37. The van der Waals surface area contributed by atoms with Gasteiger partial charge in [0.2, 0.25) is 0 Å². The van der Waals surface area contributed by atoms with E-state index < -0.39 is 15.7 Å². The highest BCUT2D eigenvalue weighted by Gasteiger charge is 2.19. The highest BCUT2D eigenvalue weighted by molar-refractivity contribution is 9.10. The van der Waals surface area contributed by atoms with E-state index in [0.717, 1.165) is 26.7 Å². The van der Waals surface area contributed by atoms with E-state index >= 15 is 0 Å². The van der Waals surface area contributed by atoms with Crippen LogP contribution in [0.25, 0.3) is 22.2 Å². The summed E-state index contributed by atoms with van der Waals surface area (Å²) < 4.78 is 22.3. The average Bonchev–Trinajstić information content (AvgIpc) is 2.97. The Morgan fingerprint density at radius 1 is 1.17 bits per heavy atom. The van der Waals surface area contributed by atoms with Gasteiger partial charge in [0, 0.05) is 17.3 Å². The molecule has 0 radical (unpaired) electrons. The van der Waals surface area contributed by atoms with Crippen LogP contribution in [0.1, 0.15) is 26.3 Å². The molecule has 0 bridgehead atoms. The van der Waals surface area contributed by atoms with E-state index in [9.17, 15) is 4.21 Å². The number of hydrogen-bond acceptors (Lipinski definition) is 3. The fraction of sp³-hybridized carbons (Fsp3) is 0.222. The van der Waals surface area contributed by atoms with Crippen LogP contribution in [0.5, 0.6) is 0 Å². The predicted octanol–water partition coefficient (Wildman–Crippen LogP) is 5.14. The molecule has 0 amide bonds. The molecule has 4 nitrogen and oxygen atoms in total. The molecular weight excluding hydrogens is 388 g/mol. The second kappa shape index (κ2) is 6.61. The van der Waals surface area contributed by atoms with Crippen LogP contribution in [0.2, 0.25) is 0 Å². The summed E-state index contributed by atoms with van der Waals surface area (Å²) in [5, 5.41) is 5.14. The molecule has 124 valence electrons. The second-order valence-electron chi connectivity index (χ2n) is 6.33. The van der Waals surface area contributed by atoms with E-state index in [1.807, 2.05) is 63.2 Å². The zero-order chi connectivity index (χ0) is 17.3. The van der Waals surface area contributed by atoms with Gasteiger partial charge in [0.15, 0.2) is 5.58 Å². The third-order valence-electron chi connectivity index (χ3n) is 3.48. The largest absolute Gasteiger partial charge is 0.354 e. The average molecular weight is 405 g/mol. The van der Waals surface area contributed by atoms with E-state index in [1.165, 1.54) is 0 Å². The number of halogens is 1. The molecule has 0 saturated heterocycles. The van der Waals surface area contributed by atoms with Crippen LogP contribution in [0.3, 0.4) is 0 Å². The standard InChI is InChI=1S/C18H17BrN2O2S/c1-18(2,3)24(22)20-11-12-7-4-5-8-13(12)16-14-9-6-10-15(19)17(14)23-21-16/h4-11H,1-3H3. The fourth-order valence-electron chi connectivity index (χ4n) is 2.21. The van der Waals surface area contributed by atoms with Crippen LogP contribution < -0.4 is 0 Å². The van der Waals surface area contributed by atoms with Crippen molar-refractivity contribution < 1.29 is 8.73 Å². The second-order valence-corrected chi connectivity index (χ2v) is 9.12. The first kappa shape index (κ1) is 17.0. The molecular formula is C18H17BrN2O2S. The van der Waals surface area contributed by atoms with Gasteiger partial charge in [-0.1, -0.05) is 35.5 Å². The molecule has 1 aromatic heterocycles. The van der Waals surface area contributed by atoms with Crippen molar-refractivity contribution in [2.75, 3.05) is 0 Å². The van der Waals surface area contributed by atoms with E-state index in [0.29, 0.717) is 5.58 Å². The topological polar surface area (TPSA) is 55.5 Å². The molecule has 0 aliphatic heterocycles. The van der Waals surface area contributed by atoms with Gasteiger partial charge in [0.25, 0.3) is 0 Å². The summed E-state index contributed by atoms with van der Waals surface area (Å²) in [6.07, 6.45) is 1.65. The lowest BCUT2D eigenvalue weighted by Gasteiger charge is -2.12. The number of aromatic nitrogens is 1. The molecule has 0 aliphatic rings. The van der Waals surface area contributed by atoms with E-state index in [1.54, 1.807) is 6.21 Å². The number of hydrogen-bond donors (Lipinski definition) is 0. The first-order chi connectivity index (χ1) is 11.4. The van der Waals surface area contributed by atoms with Crippen molar-refractivity contribution in [2.45, 2.75) is 25.5 Å². The lowest BCUT2D eigenvalue weighted by atomic mass is 10.0. The third kappa shape index (κ3) is 3.35. The molecule has 1 unspecified atom stereocenters. The van der Waals surface area contributed by atoms with E-state index in [4.69, 9.17) is 4.52 Å². The van der Waals surface area contributed by atoms with Gasteiger partial charge in [-0.15, -0.1) is 0 Å². The quantitative estimate of drug-likeness (QED) is 0.567. The zero-order valence-electron chi connectivity index (χ0n) is 13.6. The van der Waals surface area contributed by atoms with Gasteiger partial charge in [-0.2, -0.15) is 4.40 Å². The van der Waals surface area contributed by atoms with Gasteiger partial charge in [-0.05, 0) is 48.8 Å². The Balaban J connectivity index is 2.08. The zero-order valence-corrected chi connectivity index (χ0v) is 16.0. The Kier molecular flexibility index (Phi) is 4.69. The van der Waals surface area contributed by atoms with Crippen molar-refractivity contribution in [3.63, 3.8) is 0 Å². The summed E-state index contributed by atoms with van der Waals surface area (Å²) in [6, 6.07) is 13.6. The van der Waals surface area contributed by atoms with Crippen LogP contribution in [0, 0.1) is 0 Å². The minimum Gasteiger partial charge on any atom is -0.354 e. The summed E-state index contributed by atoms with van der Waals surface area (Å²) in [5.41, 5.74) is 3.20. The van der Waals surface area contributed by atoms with Crippen molar-refractivity contribution in [3.05, 3.63) is 52.5 Å². The number of nitrogens with zero attached hydrogens (tertiary/aromatic N) is 2. The lowest BCUT2D eigenvalue weighted by Crippen LogP contribution is -2.19. The fourth-order valence-corrected chi connectivity index (χ4v) is 3.17. The maximum absolute atomic E-state index is 12.2. The summed E-state index contributed by atoms with van der Waals surface area (Å²) >= 11 is 3.47. The number of benzene rings is 2. The highest BCUT2D eigenvalue weighted by atomic mass is 79.9. The third-order valence-corrected chi connectivity index (χ3v) is 5.45. The van der Waals surface area contributed by atoms with Gasteiger partial charge in [0.05, 0.1) is 14.6 Å². The lowest BCUT2D eigenvalue weighted by molar-refractivity contribution is 0.458. The van der Waals surface area contributed by atoms with E-state index in [-0.39, 0.29) is 0 Å². The molecule has 2 aromatic carbocycles. The highest BCUT2D eigenvalue weighted by Crippen LogP contribution is 2.33. The number of para-hydroxylation sites is 1. The smallest absolute Gasteiger partial charge is 0.181 e. The molecule has 0 N–H and O–H groups in total. The SMILES string of the molecule is CC(C)(C)S(=O)N=Cc1ccccc1-c1noc2c(Br)cccc12. The summed E-state index contributed by atoms with van der Waals surface area (Å²) in [4.78, 5) is 0. The van der Waals surface area contributed by atoms with Crippen molar-refractivity contribution in [2.24, 2.45) is 4.40 Å². The number of fused-ring (bicyclic) bond motifs is 1. The summed E-state index contributed by atoms with van der Waals surface area (Å²) in [6.45, 7) is 5.69. The Bertz CT molecular complexity index is 942. The predicted molar refractivity (Wildman–Crippen MR) is 103 cm³/mol. The van der Waals surface area contributed by atoms with Crippen molar-refractivity contribution in [3.8, 4) is 11.3 Å². The Hall–Kier alpha value is -1.79. The molecule has 24 heavy (non-hydrogen) atoms. The molecule has 3 rings (SSSR count). The van der Waals surface area contributed by atoms with Crippen LogP contribution in [-0.2, 0) is 11.0 Å². The number of rotatable bonds is 3. The molecule has 0 saturated carbocycles. The molecule has 1 atom stereocenters. The van der Waals surface area contributed by atoms with Crippen LogP contribution >= 0.6 is 15.9 Å². The van der Waals surface area contributed by atoms with Gasteiger partial charge in [-0.25, -0.2) is 4.21 Å². The normalized spacial score (nSPS) is 13.7. The maximum Gasteiger partial charge on any atom is 0.181 e. The van der Waals surface area contributed by atoms with Crippen molar-refractivity contribution in [1.29, 1.82) is 0 Å². The molecule has 3 aromatic rings. The minimum absolute atomic E-state index is 0.392. The van der Waals surface area contributed by atoms with Crippen LogP contribution in [0.15, 0.2) is 55.9 Å².